The lowest BCUT2D eigenvalue weighted by atomic mass is 9.97. The van der Waals surface area contributed by atoms with Crippen molar-refractivity contribution in [2.75, 3.05) is 26.3 Å². The molecule has 0 bridgehead atoms. The minimum atomic E-state index is -1.55. The first-order valence-electron chi connectivity index (χ1n) is 15.2. The van der Waals surface area contributed by atoms with Crippen LogP contribution >= 0.6 is 0 Å². The standard InChI is InChI=1S/C28H53N9O8/c1-7-15(4)21(33-17(6)40)26(44)36-19(13-38)24(42)35-20(14-39)25(43)37-22(16(5)8-2)27(45)34-18(23(41)31-9-3)11-10-12-32-28(29)30/h15-16,18-22,38-39H,7-14H2,1-6H3,(H,31,41)(H,33,40)(H,34,45)(H,35,42)(H,36,44)(H,37,43)(H4,29,30,32)/t15-,16+,18+,19+,20+,21-,22+/m1/s1. The molecule has 0 spiro atoms. The minimum absolute atomic E-state index is 0.105. The van der Waals surface area contributed by atoms with E-state index in [0.717, 1.165) is 0 Å². The number of aliphatic hydroxyl groups excluding tert-OH is 2. The summed E-state index contributed by atoms with van der Waals surface area (Å²) in [7, 11) is 0. The van der Waals surface area contributed by atoms with Gasteiger partial charge in [0.25, 0.3) is 0 Å². The molecule has 0 fully saturated rings. The third-order valence-corrected chi connectivity index (χ3v) is 7.21. The summed E-state index contributed by atoms with van der Waals surface area (Å²) in [5.41, 5.74) is 10.7. The first kappa shape index (κ1) is 41.0. The molecule has 0 aromatic carbocycles. The van der Waals surface area contributed by atoms with Crippen molar-refractivity contribution in [2.24, 2.45) is 28.3 Å². The van der Waals surface area contributed by atoms with Crippen LogP contribution in [0.2, 0.25) is 0 Å². The molecule has 0 unspecified atom stereocenters. The monoisotopic (exact) mass is 643 g/mol. The lowest BCUT2D eigenvalue weighted by Crippen LogP contribution is -2.61. The molecule has 7 atom stereocenters. The SMILES string of the molecule is CCNC(=O)[C@H](CCCN=C(N)N)NC(=O)[C@@H](NC(=O)[C@H](CO)NC(=O)[C@H](CO)NC(=O)[C@H](NC(C)=O)[C@H](C)CC)[C@@H](C)CC. The van der Waals surface area contributed by atoms with Gasteiger partial charge in [-0.25, -0.2) is 0 Å². The van der Waals surface area contributed by atoms with E-state index in [4.69, 9.17) is 11.5 Å². The number of likely N-dealkylation sites (N-methyl/N-ethyl adjacent to an activating group) is 1. The third kappa shape index (κ3) is 15.0. The summed E-state index contributed by atoms with van der Waals surface area (Å²) >= 11 is 0. The maximum atomic E-state index is 13.3. The van der Waals surface area contributed by atoms with Crippen molar-refractivity contribution < 1.29 is 39.0 Å². The number of guanidine groups is 1. The number of carbonyl (C=O) groups excluding carboxylic acids is 6. The van der Waals surface area contributed by atoms with Crippen LogP contribution < -0.4 is 43.4 Å². The van der Waals surface area contributed by atoms with E-state index < -0.39 is 84.8 Å². The molecule has 0 aromatic heterocycles. The van der Waals surface area contributed by atoms with E-state index in [1.165, 1.54) is 6.92 Å². The van der Waals surface area contributed by atoms with Crippen molar-refractivity contribution in [1.29, 1.82) is 0 Å². The van der Waals surface area contributed by atoms with Gasteiger partial charge in [0.2, 0.25) is 35.4 Å². The van der Waals surface area contributed by atoms with E-state index in [9.17, 15) is 39.0 Å². The van der Waals surface area contributed by atoms with Crippen LogP contribution in [-0.2, 0) is 28.8 Å². The van der Waals surface area contributed by atoms with Crippen LogP contribution in [0.15, 0.2) is 4.99 Å². The molecule has 45 heavy (non-hydrogen) atoms. The Bertz CT molecular complexity index is 1020. The van der Waals surface area contributed by atoms with Gasteiger partial charge >= 0.3 is 0 Å². The number of carbonyl (C=O) groups is 6. The maximum Gasteiger partial charge on any atom is 0.245 e. The Balaban J connectivity index is 5.71. The van der Waals surface area contributed by atoms with Gasteiger partial charge in [0.1, 0.15) is 30.2 Å². The van der Waals surface area contributed by atoms with E-state index in [2.05, 4.69) is 36.9 Å². The number of nitrogens with two attached hydrogens (primary N) is 2. The molecule has 0 aliphatic carbocycles. The fourth-order valence-electron chi connectivity index (χ4n) is 4.13. The quantitative estimate of drug-likeness (QED) is 0.0338. The zero-order valence-corrected chi connectivity index (χ0v) is 27.1. The van der Waals surface area contributed by atoms with Gasteiger partial charge in [-0.05, 0) is 31.6 Å². The van der Waals surface area contributed by atoms with Gasteiger partial charge in [0, 0.05) is 20.0 Å². The average Bonchev–Trinajstić information content (AvgIpc) is 2.99. The molecule has 17 heteroatoms. The number of aliphatic imine (C=N–C) groups is 1. The lowest BCUT2D eigenvalue weighted by molar-refractivity contribution is -0.137. The average molecular weight is 644 g/mol. The topological polar surface area (TPSA) is 279 Å². The molecule has 0 radical (unpaired) electrons. The first-order chi connectivity index (χ1) is 21.2. The summed E-state index contributed by atoms with van der Waals surface area (Å²) in [5, 5.41) is 34.7. The van der Waals surface area contributed by atoms with Crippen molar-refractivity contribution in [3.05, 3.63) is 0 Å². The molecule has 0 heterocycles. The fourth-order valence-corrected chi connectivity index (χ4v) is 4.13. The second-order valence-electron chi connectivity index (χ2n) is 10.8. The number of aliphatic hydroxyl groups is 2. The fraction of sp³-hybridized carbons (Fsp3) is 0.750. The largest absolute Gasteiger partial charge is 0.394 e. The maximum absolute atomic E-state index is 13.3. The zero-order valence-electron chi connectivity index (χ0n) is 27.1. The first-order valence-corrected chi connectivity index (χ1v) is 15.2. The van der Waals surface area contributed by atoms with Gasteiger partial charge in [-0.15, -0.1) is 0 Å². The van der Waals surface area contributed by atoms with Gasteiger partial charge < -0.3 is 53.6 Å². The molecule has 0 rings (SSSR count). The van der Waals surface area contributed by atoms with Gasteiger partial charge in [0.15, 0.2) is 5.96 Å². The molecule has 0 saturated carbocycles. The number of hydrogen-bond donors (Lipinski definition) is 10. The molecular weight excluding hydrogens is 590 g/mol. The zero-order chi connectivity index (χ0) is 34.7. The van der Waals surface area contributed by atoms with Crippen molar-refractivity contribution in [3.63, 3.8) is 0 Å². The molecule has 0 saturated heterocycles. The van der Waals surface area contributed by atoms with Gasteiger partial charge in [-0.3, -0.25) is 33.8 Å². The molecular formula is C28H53N9O8. The number of amides is 6. The number of nitrogens with one attached hydrogen (secondary N) is 6. The van der Waals surface area contributed by atoms with Crippen molar-refractivity contribution >= 4 is 41.4 Å². The smallest absolute Gasteiger partial charge is 0.245 e. The summed E-state index contributed by atoms with van der Waals surface area (Å²) in [6.07, 6.45) is 1.58. The number of hydrogen-bond acceptors (Lipinski definition) is 9. The molecule has 17 nitrogen and oxygen atoms in total. The molecule has 258 valence electrons. The Morgan fingerprint density at radius 2 is 1.11 bits per heavy atom. The van der Waals surface area contributed by atoms with Crippen LogP contribution in [0.4, 0.5) is 0 Å². The van der Waals surface area contributed by atoms with E-state index in [1.807, 2.05) is 6.92 Å². The second kappa shape index (κ2) is 21.7. The Morgan fingerprint density at radius 3 is 1.53 bits per heavy atom. The highest BCUT2D eigenvalue weighted by Gasteiger charge is 2.34. The Morgan fingerprint density at radius 1 is 0.667 bits per heavy atom. The van der Waals surface area contributed by atoms with Gasteiger partial charge in [-0.1, -0.05) is 40.5 Å². The highest BCUT2D eigenvalue weighted by atomic mass is 16.3. The minimum Gasteiger partial charge on any atom is -0.394 e. The predicted molar refractivity (Wildman–Crippen MR) is 167 cm³/mol. The van der Waals surface area contributed by atoms with E-state index in [-0.39, 0.29) is 24.8 Å². The second-order valence-corrected chi connectivity index (χ2v) is 10.8. The summed E-state index contributed by atoms with van der Waals surface area (Å²) in [4.78, 5) is 80.3. The number of nitrogens with zero attached hydrogens (tertiary/aromatic N) is 1. The molecule has 0 aliphatic rings. The normalized spacial score (nSPS) is 15.5. The Kier molecular flexibility index (Phi) is 19.7. The van der Waals surface area contributed by atoms with Crippen molar-refractivity contribution in [3.8, 4) is 0 Å². The summed E-state index contributed by atoms with van der Waals surface area (Å²) in [5.74, 6) is -4.97. The molecule has 0 aromatic rings. The van der Waals surface area contributed by atoms with Crippen molar-refractivity contribution in [2.45, 2.75) is 97.4 Å². The van der Waals surface area contributed by atoms with Crippen LogP contribution in [0.3, 0.4) is 0 Å². The van der Waals surface area contributed by atoms with E-state index in [1.54, 1.807) is 27.7 Å². The summed E-state index contributed by atoms with van der Waals surface area (Å²) in [6.45, 7) is 8.86. The van der Waals surface area contributed by atoms with Gasteiger partial charge in [0.05, 0.1) is 13.2 Å². The van der Waals surface area contributed by atoms with E-state index in [0.29, 0.717) is 25.8 Å². The molecule has 6 amide bonds. The predicted octanol–water partition coefficient (Wildman–Crippen LogP) is -3.30. The van der Waals surface area contributed by atoms with Crippen LogP contribution in [0.1, 0.15) is 67.2 Å². The Labute approximate surface area is 264 Å². The third-order valence-electron chi connectivity index (χ3n) is 7.21. The highest BCUT2D eigenvalue weighted by molar-refractivity contribution is 5.96. The summed E-state index contributed by atoms with van der Waals surface area (Å²) < 4.78 is 0. The van der Waals surface area contributed by atoms with Crippen LogP contribution in [-0.4, -0.2) is 108 Å². The van der Waals surface area contributed by atoms with Crippen molar-refractivity contribution in [1.82, 2.24) is 31.9 Å². The lowest BCUT2D eigenvalue weighted by Gasteiger charge is -2.29. The Hall–Kier alpha value is -3.99. The van der Waals surface area contributed by atoms with E-state index >= 15 is 0 Å². The van der Waals surface area contributed by atoms with Crippen LogP contribution in [0, 0.1) is 11.8 Å². The molecule has 12 N–H and O–H groups in total. The number of rotatable bonds is 21. The summed E-state index contributed by atoms with van der Waals surface area (Å²) in [6, 6.07) is -6.14. The molecule has 0 aliphatic heterocycles. The van der Waals surface area contributed by atoms with Gasteiger partial charge in [-0.2, -0.15) is 0 Å². The van der Waals surface area contributed by atoms with Crippen LogP contribution in [0.25, 0.3) is 0 Å². The highest BCUT2D eigenvalue weighted by Crippen LogP contribution is 2.11. The van der Waals surface area contributed by atoms with Crippen LogP contribution in [0.5, 0.6) is 0 Å².